The molecule has 0 aliphatic carbocycles. The van der Waals surface area contributed by atoms with Crippen molar-refractivity contribution in [2.75, 3.05) is 13.7 Å². The van der Waals surface area contributed by atoms with Crippen molar-refractivity contribution in [2.24, 2.45) is 5.73 Å². The number of halogens is 1. The van der Waals surface area contributed by atoms with Gasteiger partial charge in [0.15, 0.2) is 0 Å². The molecule has 0 atom stereocenters. The number of nitrogens with zero attached hydrogens (tertiary/aromatic N) is 2. The third-order valence-electron chi connectivity index (χ3n) is 3.21. The van der Waals surface area contributed by atoms with Crippen LogP contribution in [0.15, 0.2) is 18.3 Å². The van der Waals surface area contributed by atoms with Gasteiger partial charge in [0.1, 0.15) is 11.4 Å². The average Bonchev–Trinajstić information content (AvgIpc) is 2.74. The number of aryl methyl sites for hydroxylation is 1. The minimum Gasteiger partial charge on any atom is -0.494 e. The molecule has 2 aromatic rings. The molecule has 1 aromatic heterocycles. The molecule has 0 spiro atoms. The fourth-order valence-electron chi connectivity index (χ4n) is 2.06. The SMILES string of the molecule is COc1cc(Cl)c(C)cc1-n1ncc(CCN)c1C. The summed E-state index contributed by atoms with van der Waals surface area (Å²) >= 11 is 6.12. The molecule has 0 saturated heterocycles. The summed E-state index contributed by atoms with van der Waals surface area (Å²) in [6, 6.07) is 3.79. The largest absolute Gasteiger partial charge is 0.494 e. The smallest absolute Gasteiger partial charge is 0.146 e. The molecule has 0 fully saturated rings. The maximum Gasteiger partial charge on any atom is 0.146 e. The highest BCUT2D eigenvalue weighted by atomic mass is 35.5. The van der Waals surface area contributed by atoms with Gasteiger partial charge in [0.2, 0.25) is 0 Å². The monoisotopic (exact) mass is 279 g/mol. The topological polar surface area (TPSA) is 53.1 Å². The summed E-state index contributed by atoms with van der Waals surface area (Å²) in [5.74, 6) is 0.709. The Kier molecular flexibility index (Phi) is 4.12. The second kappa shape index (κ2) is 5.63. The van der Waals surface area contributed by atoms with Crippen LogP contribution in [-0.4, -0.2) is 23.4 Å². The molecule has 0 amide bonds. The highest BCUT2D eigenvalue weighted by Crippen LogP contribution is 2.30. The van der Waals surface area contributed by atoms with Gasteiger partial charge in [0.05, 0.1) is 13.3 Å². The van der Waals surface area contributed by atoms with Gasteiger partial charge >= 0.3 is 0 Å². The van der Waals surface area contributed by atoms with Gasteiger partial charge in [0, 0.05) is 16.8 Å². The van der Waals surface area contributed by atoms with Crippen molar-refractivity contribution in [3.8, 4) is 11.4 Å². The van der Waals surface area contributed by atoms with E-state index >= 15 is 0 Å². The van der Waals surface area contributed by atoms with Crippen LogP contribution in [0.1, 0.15) is 16.8 Å². The van der Waals surface area contributed by atoms with E-state index < -0.39 is 0 Å². The van der Waals surface area contributed by atoms with Crippen LogP contribution >= 0.6 is 11.6 Å². The first-order chi connectivity index (χ1) is 9.08. The summed E-state index contributed by atoms with van der Waals surface area (Å²) in [7, 11) is 1.63. The number of benzene rings is 1. The zero-order valence-corrected chi connectivity index (χ0v) is 12.2. The highest BCUT2D eigenvalue weighted by molar-refractivity contribution is 6.31. The van der Waals surface area contributed by atoms with E-state index in [-0.39, 0.29) is 0 Å². The number of hydrogen-bond acceptors (Lipinski definition) is 3. The molecular weight excluding hydrogens is 262 g/mol. The van der Waals surface area contributed by atoms with Crippen molar-refractivity contribution in [1.82, 2.24) is 9.78 Å². The van der Waals surface area contributed by atoms with E-state index in [4.69, 9.17) is 22.1 Å². The Morgan fingerprint density at radius 2 is 2.11 bits per heavy atom. The number of ether oxygens (including phenoxy) is 1. The summed E-state index contributed by atoms with van der Waals surface area (Å²) < 4.78 is 7.26. The maximum absolute atomic E-state index is 6.12. The number of rotatable bonds is 4. The van der Waals surface area contributed by atoms with E-state index in [0.29, 0.717) is 17.3 Å². The maximum atomic E-state index is 6.12. The molecule has 102 valence electrons. The Balaban J connectivity index is 2.55. The second-order valence-corrected chi connectivity index (χ2v) is 4.89. The van der Waals surface area contributed by atoms with Gasteiger partial charge in [-0.25, -0.2) is 4.68 Å². The van der Waals surface area contributed by atoms with Gasteiger partial charge in [-0.15, -0.1) is 0 Å². The summed E-state index contributed by atoms with van der Waals surface area (Å²) in [5.41, 5.74) is 9.71. The van der Waals surface area contributed by atoms with Crippen LogP contribution in [0, 0.1) is 13.8 Å². The number of nitrogens with two attached hydrogens (primary N) is 1. The van der Waals surface area contributed by atoms with E-state index in [1.807, 2.05) is 36.9 Å². The number of hydrogen-bond donors (Lipinski definition) is 1. The fourth-order valence-corrected chi connectivity index (χ4v) is 2.22. The summed E-state index contributed by atoms with van der Waals surface area (Å²) in [6.45, 7) is 4.61. The van der Waals surface area contributed by atoms with Crippen molar-refractivity contribution < 1.29 is 4.74 Å². The molecule has 0 radical (unpaired) electrons. The van der Waals surface area contributed by atoms with E-state index in [0.717, 1.165) is 28.9 Å². The molecule has 2 rings (SSSR count). The molecule has 4 nitrogen and oxygen atoms in total. The Labute approximate surface area is 118 Å². The Morgan fingerprint density at radius 3 is 2.74 bits per heavy atom. The molecule has 1 heterocycles. The third kappa shape index (κ3) is 2.60. The Bertz CT molecular complexity index is 593. The lowest BCUT2D eigenvalue weighted by molar-refractivity contribution is 0.411. The van der Waals surface area contributed by atoms with Crippen LogP contribution in [0.2, 0.25) is 5.02 Å². The van der Waals surface area contributed by atoms with Crippen molar-refractivity contribution >= 4 is 11.6 Å². The molecule has 0 unspecified atom stereocenters. The van der Waals surface area contributed by atoms with Gasteiger partial charge in [-0.2, -0.15) is 5.10 Å². The molecule has 0 aliphatic heterocycles. The van der Waals surface area contributed by atoms with E-state index in [9.17, 15) is 0 Å². The minimum atomic E-state index is 0.614. The minimum absolute atomic E-state index is 0.614. The normalized spacial score (nSPS) is 10.8. The first-order valence-corrected chi connectivity index (χ1v) is 6.54. The summed E-state index contributed by atoms with van der Waals surface area (Å²) in [4.78, 5) is 0. The second-order valence-electron chi connectivity index (χ2n) is 4.48. The number of aromatic nitrogens is 2. The Hall–Kier alpha value is -1.52. The molecule has 0 saturated carbocycles. The van der Waals surface area contributed by atoms with Gasteiger partial charge in [-0.3, -0.25) is 0 Å². The first-order valence-electron chi connectivity index (χ1n) is 6.16. The lowest BCUT2D eigenvalue weighted by Crippen LogP contribution is -2.06. The summed E-state index contributed by atoms with van der Waals surface area (Å²) in [6.07, 6.45) is 2.67. The fraction of sp³-hybridized carbons (Fsp3) is 0.357. The van der Waals surface area contributed by atoms with Crippen molar-refractivity contribution in [2.45, 2.75) is 20.3 Å². The standard InChI is InChI=1S/C14H18ClN3O/c1-9-6-13(14(19-3)7-12(9)15)18-10(2)11(4-5-16)8-17-18/h6-8H,4-5,16H2,1-3H3. The van der Waals surface area contributed by atoms with Crippen LogP contribution in [0.4, 0.5) is 0 Å². The molecular formula is C14H18ClN3O. The predicted octanol–water partition coefficient (Wildman–Crippen LogP) is 2.65. The van der Waals surface area contributed by atoms with E-state index in [2.05, 4.69) is 5.10 Å². The van der Waals surface area contributed by atoms with Gasteiger partial charge in [-0.1, -0.05) is 11.6 Å². The van der Waals surface area contributed by atoms with Crippen LogP contribution < -0.4 is 10.5 Å². The van der Waals surface area contributed by atoms with Gasteiger partial charge in [0.25, 0.3) is 0 Å². The average molecular weight is 280 g/mol. The van der Waals surface area contributed by atoms with Crippen LogP contribution in [0.25, 0.3) is 5.69 Å². The third-order valence-corrected chi connectivity index (χ3v) is 3.62. The van der Waals surface area contributed by atoms with Crippen LogP contribution in [0.3, 0.4) is 0 Å². The van der Waals surface area contributed by atoms with Crippen molar-refractivity contribution in [3.05, 3.63) is 40.2 Å². The molecule has 1 aromatic carbocycles. The zero-order valence-electron chi connectivity index (χ0n) is 11.4. The first kappa shape index (κ1) is 13.9. The number of methoxy groups -OCH3 is 1. The van der Waals surface area contributed by atoms with Gasteiger partial charge in [-0.05, 0) is 44.0 Å². The molecule has 5 heteroatoms. The lowest BCUT2D eigenvalue weighted by atomic mass is 10.1. The van der Waals surface area contributed by atoms with Crippen LogP contribution in [0.5, 0.6) is 5.75 Å². The molecule has 2 N–H and O–H groups in total. The summed E-state index contributed by atoms with van der Waals surface area (Å²) in [5, 5.41) is 5.11. The Morgan fingerprint density at radius 1 is 1.37 bits per heavy atom. The molecule has 0 aliphatic rings. The zero-order chi connectivity index (χ0) is 14.0. The van der Waals surface area contributed by atoms with Crippen LogP contribution in [-0.2, 0) is 6.42 Å². The molecule has 0 bridgehead atoms. The highest BCUT2D eigenvalue weighted by Gasteiger charge is 2.13. The lowest BCUT2D eigenvalue weighted by Gasteiger charge is -2.12. The van der Waals surface area contributed by atoms with Crippen molar-refractivity contribution in [1.29, 1.82) is 0 Å². The molecule has 19 heavy (non-hydrogen) atoms. The quantitative estimate of drug-likeness (QED) is 0.936. The predicted molar refractivity (Wildman–Crippen MR) is 77.4 cm³/mol. The van der Waals surface area contributed by atoms with E-state index in [1.165, 1.54) is 0 Å². The van der Waals surface area contributed by atoms with Crippen molar-refractivity contribution in [3.63, 3.8) is 0 Å². The van der Waals surface area contributed by atoms with Gasteiger partial charge < -0.3 is 10.5 Å². The van der Waals surface area contributed by atoms with E-state index in [1.54, 1.807) is 7.11 Å².